The Morgan fingerprint density at radius 1 is 1.22 bits per heavy atom. The van der Waals surface area contributed by atoms with Gasteiger partial charge in [0.1, 0.15) is 0 Å². The van der Waals surface area contributed by atoms with Crippen LogP contribution < -0.4 is 10.6 Å². The van der Waals surface area contributed by atoms with E-state index in [1.165, 1.54) is 6.92 Å². The summed E-state index contributed by atoms with van der Waals surface area (Å²) in [6.07, 6.45) is 6.99. The lowest BCUT2D eigenvalue weighted by atomic mass is 10.2. The maximum absolute atomic E-state index is 11.5. The molecule has 1 aromatic rings. The Hall–Kier alpha value is -1.78. The molecule has 0 aromatic carbocycles. The molecule has 0 aliphatic heterocycles. The van der Waals surface area contributed by atoms with Crippen molar-refractivity contribution >= 4 is 11.8 Å². The van der Waals surface area contributed by atoms with Crippen molar-refractivity contribution in [3.63, 3.8) is 0 Å². The molecule has 0 unspecified atom stereocenters. The Morgan fingerprint density at radius 3 is 2.72 bits per heavy atom. The lowest BCUT2D eigenvalue weighted by Crippen LogP contribution is -2.22. The fourth-order valence-electron chi connectivity index (χ4n) is 1.61. The Kier molecular flexibility index (Phi) is 6.61. The zero-order valence-electron chi connectivity index (χ0n) is 10.8. The number of carbonyl (C=O) groups excluding carboxylic acids is 2. The standard InChI is InChI=1S/C13H21N3O2/c1-11(17)15-7-4-2-3-5-13(18)16-10-12-6-8-14-9-12/h6,8-9,14H,2-5,7,10H2,1H3,(H,15,17)(H,16,18). The first-order valence-corrected chi connectivity index (χ1v) is 6.31. The number of amides is 2. The van der Waals surface area contributed by atoms with E-state index in [9.17, 15) is 9.59 Å². The second kappa shape index (κ2) is 8.33. The summed E-state index contributed by atoms with van der Waals surface area (Å²) in [7, 11) is 0. The van der Waals surface area contributed by atoms with Crippen LogP contribution >= 0.6 is 0 Å². The zero-order valence-corrected chi connectivity index (χ0v) is 10.8. The van der Waals surface area contributed by atoms with E-state index >= 15 is 0 Å². The molecule has 0 atom stereocenters. The van der Waals surface area contributed by atoms with Gasteiger partial charge in [-0.05, 0) is 24.5 Å². The molecule has 0 radical (unpaired) electrons. The van der Waals surface area contributed by atoms with Gasteiger partial charge in [-0.15, -0.1) is 0 Å². The topological polar surface area (TPSA) is 74.0 Å². The zero-order chi connectivity index (χ0) is 13.2. The summed E-state index contributed by atoms with van der Waals surface area (Å²) < 4.78 is 0. The fraction of sp³-hybridized carbons (Fsp3) is 0.538. The number of rotatable bonds is 8. The molecular formula is C13H21N3O2. The van der Waals surface area contributed by atoms with Crippen molar-refractivity contribution in [2.75, 3.05) is 6.54 Å². The molecule has 1 heterocycles. The van der Waals surface area contributed by atoms with Crippen LogP contribution in [0.4, 0.5) is 0 Å². The highest BCUT2D eigenvalue weighted by molar-refractivity contribution is 5.75. The van der Waals surface area contributed by atoms with E-state index in [1.54, 1.807) is 0 Å². The highest BCUT2D eigenvalue weighted by Crippen LogP contribution is 2.00. The number of hydrogen-bond acceptors (Lipinski definition) is 2. The van der Waals surface area contributed by atoms with Crippen LogP contribution in [0.15, 0.2) is 18.5 Å². The Bertz CT molecular complexity index is 360. The van der Waals surface area contributed by atoms with Crippen molar-refractivity contribution in [2.45, 2.75) is 39.2 Å². The molecule has 2 amide bonds. The van der Waals surface area contributed by atoms with Crippen LogP contribution in [0.1, 0.15) is 38.2 Å². The Balaban J connectivity index is 1.95. The predicted molar refractivity (Wildman–Crippen MR) is 69.8 cm³/mol. The minimum absolute atomic E-state index is 0.000698. The van der Waals surface area contributed by atoms with Crippen LogP contribution in [0.3, 0.4) is 0 Å². The Labute approximate surface area is 107 Å². The van der Waals surface area contributed by atoms with Gasteiger partial charge < -0.3 is 15.6 Å². The van der Waals surface area contributed by atoms with Crippen molar-refractivity contribution in [2.24, 2.45) is 0 Å². The van der Waals surface area contributed by atoms with Gasteiger partial charge in [0, 0.05) is 38.8 Å². The lowest BCUT2D eigenvalue weighted by Gasteiger charge is -2.04. The van der Waals surface area contributed by atoms with Gasteiger partial charge in [-0.1, -0.05) is 6.42 Å². The maximum atomic E-state index is 11.5. The number of aromatic nitrogens is 1. The van der Waals surface area contributed by atoms with Crippen LogP contribution in [-0.4, -0.2) is 23.3 Å². The van der Waals surface area contributed by atoms with Crippen molar-refractivity contribution < 1.29 is 9.59 Å². The fourth-order valence-corrected chi connectivity index (χ4v) is 1.61. The molecule has 0 spiro atoms. The molecular weight excluding hydrogens is 230 g/mol. The first kappa shape index (κ1) is 14.3. The van der Waals surface area contributed by atoms with Crippen LogP contribution in [-0.2, 0) is 16.1 Å². The normalized spacial score (nSPS) is 10.1. The van der Waals surface area contributed by atoms with Crippen molar-refractivity contribution in [3.8, 4) is 0 Å². The van der Waals surface area contributed by atoms with Crippen molar-refractivity contribution in [1.82, 2.24) is 15.6 Å². The largest absolute Gasteiger partial charge is 0.367 e. The molecule has 1 aromatic heterocycles. The molecule has 3 N–H and O–H groups in total. The third-order valence-corrected chi connectivity index (χ3v) is 2.61. The monoisotopic (exact) mass is 251 g/mol. The smallest absolute Gasteiger partial charge is 0.220 e. The van der Waals surface area contributed by atoms with Gasteiger partial charge in [-0.2, -0.15) is 0 Å². The molecule has 18 heavy (non-hydrogen) atoms. The molecule has 0 aliphatic carbocycles. The molecule has 5 nitrogen and oxygen atoms in total. The van der Waals surface area contributed by atoms with Crippen LogP contribution in [0.5, 0.6) is 0 Å². The summed E-state index contributed by atoms with van der Waals surface area (Å²) >= 11 is 0. The lowest BCUT2D eigenvalue weighted by molar-refractivity contribution is -0.121. The molecule has 1 rings (SSSR count). The van der Waals surface area contributed by atoms with E-state index in [0.717, 1.165) is 24.8 Å². The first-order chi connectivity index (χ1) is 8.68. The number of H-pyrrole nitrogens is 1. The minimum Gasteiger partial charge on any atom is -0.367 e. The van der Waals surface area contributed by atoms with Gasteiger partial charge in [-0.3, -0.25) is 9.59 Å². The van der Waals surface area contributed by atoms with E-state index in [0.29, 0.717) is 19.5 Å². The predicted octanol–water partition coefficient (Wildman–Crippen LogP) is 1.33. The molecule has 0 bridgehead atoms. The Morgan fingerprint density at radius 2 is 2.06 bits per heavy atom. The third kappa shape index (κ3) is 6.73. The summed E-state index contributed by atoms with van der Waals surface area (Å²) in [4.78, 5) is 25.0. The van der Waals surface area contributed by atoms with Crippen molar-refractivity contribution in [3.05, 3.63) is 24.0 Å². The third-order valence-electron chi connectivity index (χ3n) is 2.61. The van der Waals surface area contributed by atoms with Gasteiger partial charge in [-0.25, -0.2) is 0 Å². The summed E-state index contributed by atoms with van der Waals surface area (Å²) in [5.74, 6) is 0.0787. The van der Waals surface area contributed by atoms with Gasteiger partial charge in [0.25, 0.3) is 0 Å². The molecule has 0 saturated heterocycles. The molecule has 5 heteroatoms. The van der Waals surface area contributed by atoms with E-state index in [2.05, 4.69) is 15.6 Å². The summed E-state index contributed by atoms with van der Waals surface area (Å²) in [5.41, 5.74) is 1.08. The average Bonchev–Trinajstić information content (AvgIpc) is 2.83. The van der Waals surface area contributed by atoms with Crippen LogP contribution in [0, 0.1) is 0 Å². The second-order valence-corrected chi connectivity index (χ2v) is 4.29. The molecule has 100 valence electrons. The van der Waals surface area contributed by atoms with Gasteiger partial charge >= 0.3 is 0 Å². The number of aromatic amines is 1. The minimum atomic E-state index is -0.000698. The molecule has 0 saturated carbocycles. The van der Waals surface area contributed by atoms with Gasteiger partial charge in [0.05, 0.1) is 0 Å². The molecule has 0 fully saturated rings. The van der Waals surface area contributed by atoms with E-state index < -0.39 is 0 Å². The average molecular weight is 251 g/mol. The number of carbonyl (C=O) groups is 2. The van der Waals surface area contributed by atoms with Gasteiger partial charge in [0.2, 0.25) is 11.8 Å². The summed E-state index contributed by atoms with van der Waals surface area (Å²) in [5, 5.41) is 5.60. The number of nitrogens with one attached hydrogen (secondary N) is 3. The van der Waals surface area contributed by atoms with E-state index in [-0.39, 0.29) is 11.8 Å². The number of hydrogen-bond donors (Lipinski definition) is 3. The first-order valence-electron chi connectivity index (χ1n) is 6.31. The summed E-state index contributed by atoms with van der Waals surface area (Å²) in [6, 6.07) is 1.94. The van der Waals surface area contributed by atoms with Crippen molar-refractivity contribution in [1.29, 1.82) is 0 Å². The van der Waals surface area contributed by atoms with E-state index in [1.807, 2.05) is 18.5 Å². The van der Waals surface area contributed by atoms with E-state index in [4.69, 9.17) is 0 Å². The maximum Gasteiger partial charge on any atom is 0.220 e. The molecule has 0 aliphatic rings. The highest BCUT2D eigenvalue weighted by Gasteiger charge is 2.01. The van der Waals surface area contributed by atoms with Crippen LogP contribution in [0.2, 0.25) is 0 Å². The van der Waals surface area contributed by atoms with Gasteiger partial charge in [0.15, 0.2) is 0 Å². The SMILES string of the molecule is CC(=O)NCCCCCC(=O)NCc1cc[nH]c1. The number of unbranched alkanes of at least 4 members (excludes halogenated alkanes) is 2. The highest BCUT2D eigenvalue weighted by atomic mass is 16.2. The second-order valence-electron chi connectivity index (χ2n) is 4.29. The quantitative estimate of drug-likeness (QED) is 0.610. The summed E-state index contributed by atoms with van der Waals surface area (Å²) in [6.45, 7) is 2.78. The van der Waals surface area contributed by atoms with Crippen LogP contribution in [0.25, 0.3) is 0 Å².